The fourth-order valence-corrected chi connectivity index (χ4v) is 6.50. The van der Waals surface area contributed by atoms with Gasteiger partial charge in [-0.2, -0.15) is 0 Å². The zero-order chi connectivity index (χ0) is 27.6. The molecule has 0 spiro atoms. The average Bonchev–Trinajstić information content (AvgIpc) is 3.72. The Morgan fingerprint density at radius 3 is 2.45 bits per heavy atom. The molecule has 3 fully saturated rings. The summed E-state index contributed by atoms with van der Waals surface area (Å²) in [6.45, 7) is 6.94. The number of aryl methyl sites for hydroxylation is 1. The van der Waals surface area contributed by atoms with Gasteiger partial charge in [0.15, 0.2) is 5.89 Å². The molecule has 0 N–H and O–H groups in total. The average molecular weight is 542 g/mol. The first-order valence-electron chi connectivity index (χ1n) is 15.1. The van der Waals surface area contributed by atoms with Crippen molar-refractivity contribution in [2.24, 2.45) is 17.8 Å². The predicted octanol–water partition coefficient (Wildman–Crippen LogP) is 7.27. The van der Waals surface area contributed by atoms with Gasteiger partial charge < -0.3 is 9.15 Å². The second kappa shape index (κ2) is 11.7. The van der Waals surface area contributed by atoms with Gasteiger partial charge in [0, 0.05) is 41.8 Å². The number of pyridine rings is 2. The van der Waals surface area contributed by atoms with E-state index < -0.39 is 0 Å². The minimum Gasteiger partial charge on any atom is -0.495 e. The Morgan fingerprint density at radius 2 is 1.75 bits per heavy atom. The van der Waals surface area contributed by atoms with Crippen molar-refractivity contribution in [2.75, 3.05) is 18.6 Å². The summed E-state index contributed by atoms with van der Waals surface area (Å²) in [7, 11) is 1.69. The highest BCUT2D eigenvalue weighted by Crippen LogP contribution is 2.41. The van der Waals surface area contributed by atoms with Gasteiger partial charge in [-0.25, -0.2) is 9.97 Å². The highest BCUT2D eigenvalue weighted by Gasteiger charge is 2.33. The topological polar surface area (TPSA) is 81.4 Å². The predicted molar refractivity (Wildman–Crippen MR) is 155 cm³/mol. The summed E-state index contributed by atoms with van der Waals surface area (Å²) in [5.41, 5.74) is 3.86. The number of hydrogen-bond acceptors (Lipinski definition) is 6. The molecule has 3 heterocycles. The van der Waals surface area contributed by atoms with Gasteiger partial charge in [-0.15, -0.1) is 0 Å². The molecule has 3 aromatic rings. The molecule has 0 saturated heterocycles. The molecule has 1 amide bonds. The molecular formula is C33H41N4O3. The number of carbonyl (C=O) groups is 1. The van der Waals surface area contributed by atoms with Crippen molar-refractivity contribution in [3.63, 3.8) is 0 Å². The van der Waals surface area contributed by atoms with Crippen LogP contribution in [0.4, 0.5) is 5.82 Å². The van der Waals surface area contributed by atoms with Gasteiger partial charge in [-0.05, 0) is 107 Å². The van der Waals surface area contributed by atoms with Crippen molar-refractivity contribution < 1.29 is 13.9 Å². The van der Waals surface area contributed by atoms with E-state index in [-0.39, 0.29) is 11.8 Å². The number of hydrogen-bond donors (Lipinski definition) is 0. The van der Waals surface area contributed by atoms with Crippen LogP contribution in [0.5, 0.6) is 5.75 Å². The molecule has 7 heteroatoms. The zero-order valence-electron chi connectivity index (χ0n) is 23.8. The Hall–Kier alpha value is -3.22. The highest BCUT2D eigenvalue weighted by molar-refractivity contribution is 5.94. The summed E-state index contributed by atoms with van der Waals surface area (Å²) < 4.78 is 11.2. The summed E-state index contributed by atoms with van der Waals surface area (Å²) in [6.07, 6.45) is 14.0. The lowest BCUT2D eigenvalue weighted by atomic mass is 9.79. The number of amides is 1. The van der Waals surface area contributed by atoms with Crippen LogP contribution in [-0.2, 0) is 4.79 Å². The van der Waals surface area contributed by atoms with E-state index in [1.165, 1.54) is 0 Å². The fourth-order valence-electron chi connectivity index (χ4n) is 6.50. The molecule has 211 valence electrons. The van der Waals surface area contributed by atoms with Crippen LogP contribution >= 0.6 is 0 Å². The molecule has 3 aliphatic carbocycles. The van der Waals surface area contributed by atoms with E-state index in [4.69, 9.17) is 24.1 Å². The summed E-state index contributed by atoms with van der Waals surface area (Å²) >= 11 is 0. The summed E-state index contributed by atoms with van der Waals surface area (Å²) in [6, 6.07) is 8.13. The highest BCUT2D eigenvalue weighted by atomic mass is 16.5. The van der Waals surface area contributed by atoms with Crippen molar-refractivity contribution in [1.82, 2.24) is 15.0 Å². The standard InChI is InChI=1S/C33H41N4O3/c1-21-4-8-26(9-5-21)33(38)37(31-18-27(16-17-34-31)29-20-40-32(36-29)25-12-13-25)19-23-6-10-24(11-7-23)28-14-15-30(39-3)22(2)35-28/h14-18,20-21,23-26H,1,4-13,19H2,2-3H3/t21-,23-,24-,26-. The quantitative estimate of drug-likeness (QED) is 0.298. The SMILES string of the molecule is [CH2][C@H]1CC[C@H](C(=O)N(C[C@H]2CC[C@H](c3ccc(OC)c(C)n3)CC2)c2cc(-c3coc(C4CC4)n3)ccn2)CC1. The maximum atomic E-state index is 14.0. The third-order valence-electron chi connectivity index (χ3n) is 9.21. The second-order valence-corrected chi connectivity index (χ2v) is 12.2. The van der Waals surface area contributed by atoms with Crippen LogP contribution in [0.2, 0.25) is 0 Å². The maximum Gasteiger partial charge on any atom is 0.231 e. The van der Waals surface area contributed by atoms with Crippen LogP contribution in [0.25, 0.3) is 11.3 Å². The molecule has 0 aromatic carbocycles. The Balaban J connectivity index is 1.19. The first-order valence-corrected chi connectivity index (χ1v) is 15.1. The van der Waals surface area contributed by atoms with E-state index in [0.29, 0.717) is 30.2 Å². The van der Waals surface area contributed by atoms with Crippen LogP contribution in [0.15, 0.2) is 41.1 Å². The van der Waals surface area contributed by atoms with Gasteiger partial charge in [-0.3, -0.25) is 14.7 Å². The molecule has 40 heavy (non-hydrogen) atoms. The van der Waals surface area contributed by atoms with Crippen molar-refractivity contribution >= 4 is 11.7 Å². The molecule has 0 aliphatic heterocycles. The number of ether oxygens (including phenoxy) is 1. The summed E-state index contributed by atoms with van der Waals surface area (Å²) in [5.74, 6) is 4.44. The summed E-state index contributed by atoms with van der Waals surface area (Å²) in [4.78, 5) is 30.3. The van der Waals surface area contributed by atoms with E-state index in [1.54, 1.807) is 19.6 Å². The van der Waals surface area contributed by atoms with Gasteiger partial charge in [0.1, 0.15) is 23.5 Å². The Bertz CT molecular complexity index is 1320. The Morgan fingerprint density at radius 1 is 1.00 bits per heavy atom. The molecule has 3 saturated carbocycles. The fraction of sp³-hybridized carbons (Fsp3) is 0.545. The van der Waals surface area contributed by atoms with Gasteiger partial charge in [0.2, 0.25) is 5.91 Å². The Kier molecular flexibility index (Phi) is 7.90. The molecule has 0 bridgehead atoms. The number of carbonyl (C=O) groups excluding carboxylic acids is 1. The monoisotopic (exact) mass is 541 g/mol. The molecule has 7 nitrogen and oxygen atoms in total. The van der Waals surface area contributed by atoms with Gasteiger partial charge in [-0.1, -0.05) is 6.92 Å². The lowest BCUT2D eigenvalue weighted by molar-refractivity contribution is -0.123. The van der Waals surface area contributed by atoms with Crippen molar-refractivity contribution in [2.45, 2.75) is 83.0 Å². The van der Waals surface area contributed by atoms with Crippen molar-refractivity contribution in [3.8, 4) is 17.0 Å². The largest absolute Gasteiger partial charge is 0.495 e. The van der Waals surface area contributed by atoms with Crippen LogP contribution < -0.4 is 9.64 Å². The Labute approximate surface area is 237 Å². The number of aromatic nitrogens is 3. The van der Waals surface area contributed by atoms with Crippen molar-refractivity contribution in [3.05, 3.63) is 60.9 Å². The van der Waals surface area contributed by atoms with Crippen LogP contribution in [-0.4, -0.2) is 34.5 Å². The van der Waals surface area contributed by atoms with E-state index >= 15 is 0 Å². The van der Waals surface area contributed by atoms with E-state index in [1.807, 2.05) is 30.0 Å². The zero-order valence-corrected chi connectivity index (χ0v) is 23.8. The number of oxazole rings is 1. The molecule has 3 aliphatic rings. The first-order chi connectivity index (χ1) is 19.5. The van der Waals surface area contributed by atoms with Gasteiger partial charge >= 0.3 is 0 Å². The minimum absolute atomic E-state index is 0.0415. The van der Waals surface area contributed by atoms with Crippen LogP contribution in [0.1, 0.15) is 93.3 Å². The van der Waals surface area contributed by atoms with E-state index in [0.717, 1.165) is 104 Å². The van der Waals surface area contributed by atoms with E-state index in [2.05, 4.69) is 13.0 Å². The lowest BCUT2D eigenvalue weighted by Crippen LogP contribution is -2.41. The number of rotatable bonds is 8. The van der Waals surface area contributed by atoms with Gasteiger partial charge in [0.05, 0.1) is 12.8 Å². The van der Waals surface area contributed by atoms with Crippen LogP contribution in [0, 0.1) is 31.6 Å². The van der Waals surface area contributed by atoms with Crippen molar-refractivity contribution in [1.29, 1.82) is 0 Å². The second-order valence-electron chi connectivity index (χ2n) is 12.2. The summed E-state index contributed by atoms with van der Waals surface area (Å²) in [5, 5.41) is 0. The smallest absolute Gasteiger partial charge is 0.231 e. The minimum atomic E-state index is 0.0415. The molecule has 0 atom stereocenters. The van der Waals surface area contributed by atoms with E-state index in [9.17, 15) is 4.79 Å². The first kappa shape index (κ1) is 27.0. The maximum absolute atomic E-state index is 14.0. The molecule has 6 rings (SSSR count). The number of methoxy groups -OCH3 is 1. The molecule has 0 unspecified atom stereocenters. The third kappa shape index (κ3) is 5.93. The number of nitrogens with zero attached hydrogens (tertiary/aromatic N) is 4. The third-order valence-corrected chi connectivity index (χ3v) is 9.21. The molecular weight excluding hydrogens is 500 g/mol. The van der Waals surface area contributed by atoms with Gasteiger partial charge in [0.25, 0.3) is 0 Å². The molecule has 3 aromatic heterocycles. The van der Waals surface area contributed by atoms with Crippen LogP contribution in [0.3, 0.4) is 0 Å². The number of anilines is 1. The lowest BCUT2D eigenvalue weighted by Gasteiger charge is -2.35. The normalized spacial score (nSPS) is 25.0. The molecule has 1 radical (unpaired) electrons.